The molecular weight excluding hydrogens is 264 g/mol. The van der Waals surface area contributed by atoms with Crippen LogP contribution in [-0.2, 0) is 6.54 Å². The smallest absolute Gasteiger partial charge is 0.180 e. The Bertz CT molecular complexity index is 473. The molecule has 1 aromatic carbocycles. The van der Waals surface area contributed by atoms with Gasteiger partial charge in [0.05, 0.1) is 5.02 Å². The molecule has 4 nitrogen and oxygen atoms in total. The van der Waals surface area contributed by atoms with E-state index >= 15 is 0 Å². The van der Waals surface area contributed by atoms with Gasteiger partial charge in [0.1, 0.15) is 13.2 Å². The Morgan fingerprint density at radius 1 is 1.21 bits per heavy atom. The number of fused-ring (bicyclic) bond motifs is 1. The van der Waals surface area contributed by atoms with Crippen LogP contribution in [0.1, 0.15) is 11.1 Å². The number of benzene rings is 1. The lowest BCUT2D eigenvalue weighted by Gasteiger charge is -2.29. The summed E-state index contributed by atoms with van der Waals surface area (Å²) in [6, 6.07) is 2.02. The van der Waals surface area contributed by atoms with E-state index in [4.69, 9.17) is 21.1 Å². The number of hydrogen-bond donors (Lipinski definition) is 1. The number of nitrogens with one attached hydrogen (secondary N) is 1. The predicted molar refractivity (Wildman–Crippen MR) is 75.3 cm³/mol. The van der Waals surface area contributed by atoms with E-state index in [9.17, 15) is 0 Å². The van der Waals surface area contributed by atoms with E-state index in [1.807, 2.05) is 6.07 Å². The first-order chi connectivity index (χ1) is 9.25. The van der Waals surface area contributed by atoms with Gasteiger partial charge in [-0.2, -0.15) is 0 Å². The quantitative estimate of drug-likeness (QED) is 0.897. The van der Waals surface area contributed by atoms with Gasteiger partial charge in [-0.05, 0) is 24.1 Å². The highest BCUT2D eigenvalue weighted by molar-refractivity contribution is 6.32. The molecule has 2 aliphatic heterocycles. The van der Waals surface area contributed by atoms with Crippen LogP contribution in [-0.4, -0.2) is 44.3 Å². The van der Waals surface area contributed by atoms with Crippen molar-refractivity contribution in [2.24, 2.45) is 0 Å². The number of ether oxygens (including phenoxy) is 2. The number of piperazine rings is 1. The van der Waals surface area contributed by atoms with Crippen molar-refractivity contribution in [2.75, 3.05) is 39.4 Å². The predicted octanol–water partition coefficient (Wildman–Crippen LogP) is 1.82. The molecule has 1 N–H and O–H groups in total. The topological polar surface area (TPSA) is 33.7 Å². The minimum atomic E-state index is 0.573. The number of halogens is 1. The molecule has 0 amide bonds. The summed E-state index contributed by atoms with van der Waals surface area (Å²) in [5.41, 5.74) is 2.38. The molecule has 0 bridgehead atoms. The van der Waals surface area contributed by atoms with E-state index < -0.39 is 0 Å². The first-order valence-electron chi connectivity index (χ1n) is 6.76. The second-order valence-electron chi connectivity index (χ2n) is 5.02. The van der Waals surface area contributed by atoms with Crippen LogP contribution < -0.4 is 14.8 Å². The van der Waals surface area contributed by atoms with Gasteiger partial charge in [0.2, 0.25) is 0 Å². The van der Waals surface area contributed by atoms with E-state index in [-0.39, 0.29) is 0 Å². The summed E-state index contributed by atoms with van der Waals surface area (Å²) in [5.74, 6) is 1.53. The molecule has 104 valence electrons. The van der Waals surface area contributed by atoms with Crippen molar-refractivity contribution in [3.63, 3.8) is 0 Å². The summed E-state index contributed by atoms with van der Waals surface area (Å²) in [5, 5.41) is 4.02. The Kier molecular flexibility index (Phi) is 3.82. The molecule has 2 aliphatic rings. The molecule has 0 saturated carbocycles. The second-order valence-corrected chi connectivity index (χ2v) is 5.43. The molecule has 1 saturated heterocycles. The highest BCUT2D eigenvalue weighted by Crippen LogP contribution is 2.41. The molecule has 19 heavy (non-hydrogen) atoms. The lowest BCUT2D eigenvalue weighted by atomic mass is 10.1. The van der Waals surface area contributed by atoms with Crippen LogP contribution in [0.15, 0.2) is 6.07 Å². The van der Waals surface area contributed by atoms with Crippen molar-refractivity contribution in [3.8, 4) is 11.5 Å². The third kappa shape index (κ3) is 2.66. The molecular formula is C14H19ClN2O2. The molecule has 1 fully saturated rings. The summed E-state index contributed by atoms with van der Waals surface area (Å²) in [6.07, 6.45) is 0. The molecule has 0 radical (unpaired) electrons. The standard InChI is InChI=1S/C14H19ClN2O2/c1-10-11(9-17-4-2-16-3-5-17)8-12(15)14-13(10)18-6-7-19-14/h8,16H,2-7,9H2,1H3. The highest BCUT2D eigenvalue weighted by atomic mass is 35.5. The molecule has 1 aromatic rings. The van der Waals surface area contributed by atoms with Gasteiger partial charge in [0.25, 0.3) is 0 Å². The van der Waals surface area contributed by atoms with Crippen LogP contribution in [0.3, 0.4) is 0 Å². The zero-order chi connectivity index (χ0) is 13.2. The van der Waals surface area contributed by atoms with Crippen LogP contribution in [0.2, 0.25) is 5.02 Å². The summed E-state index contributed by atoms with van der Waals surface area (Å²) < 4.78 is 11.3. The minimum Gasteiger partial charge on any atom is -0.486 e. The zero-order valence-corrected chi connectivity index (χ0v) is 11.9. The monoisotopic (exact) mass is 282 g/mol. The van der Waals surface area contributed by atoms with Gasteiger partial charge in [0, 0.05) is 32.7 Å². The average Bonchev–Trinajstić information content (AvgIpc) is 2.46. The van der Waals surface area contributed by atoms with Crippen molar-refractivity contribution >= 4 is 11.6 Å². The number of nitrogens with zero attached hydrogens (tertiary/aromatic N) is 1. The largest absolute Gasteiger partial charge is 0.486 e. The van der Waals surface area contributed by atoms with Crippen molar-refractivity contribution < 1.29 is 9.47 Å². The van der Waals surface area contributed by atoms with E-state index in [2.05, 4.69) is 17.1 Å². The van der Waals surface area contributed by atoms with Crippen molar-refractivity contribution in [2.45, 2.75) is 13.5 Å². The normalized spacial score (nSPS) is 19.5. The number of rotatable bonds is 2. The van der Waals surface area contributed by atoms with Gasteiger partial charge < -0.3 is 14.8 Å². The lowest BCUT2D eigenvalue weighted by Crippen LogP contribution is -2.43. The van der Waals surface area contributed by atoms with Crippen molar-refractivity contribution in [1.29, 1.82) is 0 Å². The van der Waals surface area contributed by atoms with E-state index in [0.717, 1.165) is 44.0 Å². The second kappa shape index (κ2) is 5.57. The van der Waals surface area contributed by atoms with Crippen LogP contribution in [0.25, 0.3) is 0 Å². The Morgan fingerprint density at radius 2 is 1.89 bits per heavy atom. The van der Waals surface area contributed by atoms with Gasteiger partial charge in [-0.25, -0.2) is 0 Å². The average molecular weight is 283 g/mol. The van der Waals surface area contributed by atoms with Crippen LogP contribution in [0.5, 0.6) is 11.5 Å². The minimum absolute atomic E-state index is 0.573. The van der Waals surface area contributed by atoms with E-state index in [0.29, 0.717) is 24.0 Å². The highest BCUT2D eigenvalue weighted by Gasteiger charge is 2.22. The summed E-state index contributed by atoms with van der Waals surface area (Å²) in [4.78, 5) is 2.44. The van der Waals surface area contributed by atoms with E-state index in [1.165, 1.54) is 5.56 Å². The Hall–Kier alpha value is -0.970. The van der Waals surface area contributed by atoms with Gasteiger partial charge in [-0.15, -0.1) is 0 Å². The molecule has 0 unspecified atom stereocenters. The van der Waals surface area contributed by atoms with Gasteiger partial charge in [-0.1, -0.05) is 11.6 Å². The fourth-order valence-electron chi connectivity index (χ4n) is 2.62. The molecule has 0 spiro atoms. The molecule has 0 atom stereocenters. The molecule has 3 rings (SSSR count). The molecule has 5 heteroatoms. The SMILES string of the molecule is Cc1c(CN2CCNCC2)cc(Cl)c2c1OCCO2. The first-order valence-corrected chi connectivity index (χ1v) is 7.14. The summed E-state index contributed by atoms with van der Waals surface area (Å²) in [6.45, 7) is 8.43. The maximum atomic E-state index is 6.30. The van der Waals surface area contributed by atoms with Crippen LogP contribution >= 0.6 is 11.6 Å². The molecule has 0 aliphatic carbocycles. The zero-order valence-electron chi connectivity index (χ0n) is 11.2. The lowest BCUT2D eigenvalue weighted by molar-refractivity contribution is 0.169. The number of hydrogen-bond acceptors (Lipinski definition) is 4. The fourth-order valence-corrected chi connectivity index (χ4v) is 2.89. The van der Waals surface area contributed by atoms with Gasteiger partial charge in [0.15, 0.2) is 11.5 Å². The summed E-state index contributed by atoms with van der Waals surface area (Å²) >= 11 is 6.30. The van der Waals surface area contributed by atoms with Crippen LogP contribution in [0.4, 0.5) is 0 Å². The third-order valence-electron chi connectivity index (χ3n) is 3.73. The molecule has 2 heterocycles. The Morgan fingerprint density at radius 3 is 2.63 bits per heavy atom. The van der Waals surface area contributed by atoms with E-state index in [1.54, 1.807) is 0 Å². The Labute approximate surface area is 118 Å². The third-order valence-corrected chi connectivity index (χ3v) is 4.01. The maximum absolute atomic E-state index is 6.30. The molecule has 0 aromatic heterocycles. The van der Waals surface area contributed by atoms with Crippen molar-refractivity contribution in [3.05, 3.63) is 22.2 Å². The van der Waals surface area contributed by atoms with Gasteiger partial charge >= 0.3 is 0 Å². The van der Waals surface area contributed by atoms with Gasteiger partial charge in [-0.3, -0.25) is 4.90 Å². The summed E-state index contributed by atoms with van der Waals surface area (Å²) in [7, 11) is 0. The first kappa shape index (κ1) is 13.0. The van der Waals surface area contributed by atoms with Crippen LogP contribution in [0, 0.1) is 6.92 Å². The Balaban J connectivity index is 1.86. The van der Waals surface area contributed by atoms with Crippen molar-refractivity contribution in [1.82, 2.24) is 10.2 Å². The maximum Gasteiger partial charge on any atom is 0.180 e. The fraction of sp³-hybridized carbons (Fsp3) is 0.571.